The normalized spacial score (nSPS) is 12.1. The lowest BCUT2D eigenvalue weighted by molar-refractivity contribution is -0.0584. The topological polar surface area (TPSA) is 114 Å². The van der Waals surface area contributed by atoms with Gasteiger partial charge in [-0.2, -0.15) is 18.6 Å². The molecule has 9 nitrogen and oxygen atoms in total. The minimum absolute atomic E-state index is 0.164. The first-order valence-corrected chi connectivity index (χ1v) is 11.0. The smallest absolute Gasteiger partial charge is 0.298 e. The van der Waals surface area contributed by atoms with E-state index in [1.807, 2.05) is 0 Å². The Kier molecular flexibility index (Phi) is 8.02. The quantitative estimate of drug-likeness (QED) is 0.474. The summed E-state index contributed by atoms with van der Waals surface area (Å²) in [4.78, 5) is 39.2. The number of hydrogen-bond acceptors (Lipinski definition) is 6. The summed E-state index contributed by atoms with van der Waals surface area (Å²) in [5.74, 6) is -5.98. The molecule has 0 fully saturated rings. The first-order valence-electron chi connectivity index (χ1n) is 11.0. The number of nitrogens with one attached hydrogen (secondary N) is 1. The van der Waals surface area contributed by atoms with Crippen LogP contribution in [0.25, 0.3) is 5.69 Å². The van der Waals surface area contributed by atoms with E-state index in [2.05, 4.69) is 10.4 Å². The summed E-state index contributed by atoms with van der Waals surface area (Å²) in [5, 5.41) is 15.4. The molecule has 3 aromatic rings. The van der Waals surface area contributed by atoms with Crippen LogP contribution >= 0.6 is 0 Å². The summed E-state index contributed by atoms with van der Waals surface area (Å²) in [5.41, 5.74) is -1.69. The van der Waals surface area contributed by atoms with Crippen LogP contribution in [0.1, 0.15) is 44.9 Å². The molecule has 0 saturated heterocycles. The average molecular weight is 518 g/mol. The number of halogens is 3. The lowest BCUT2D eigenvalue weighted by Gasteiger charge is -2.20. The number of nitrogens with zero attached hydrogens (tertiary/aromatic N) is 3. The maximum atomic E-state index is 14.8. The Morgan fingerprint density at radius 1 is 1.19 bits per heavy atom. The largest absolute Gasteiger partial charge is 0.496 e. The molecular formula is C25H25F3N4O5. The maximum absolute atomic E-state index is 14.8. The third-order valence-corrected chi connectivity index (χ3v) is 5.53. The van der Waals surface area contributed by atoms with Crippen molar-refractivity contribution >= 4 is 11.8 Å². The fourth-order valence-corrected chi connectivity index (χ4v) is 3.55. The van der Waals surface area contributed by atoms with Crippen LogP contribution in [0.5, 0.6) is 5.75 Å². The van der Waals surface area contributed by atoms with Gasteiger partial charge in [-0.25, -0.2) is 4.39 Å². The van der Waals surface area contributed by atoms with Gasteiger partial charge in [-0.15, -0.1) is 0 Å². The number of aliphatic hydroxyl groups is 1. The van der Waals surface area contributed by atoms with E-state index < -0.39 is 41.4 Å². The van der Waals surface area contributed by atoms with E-state index in [1.54, 1.807) is 14.1 Å². The molecule has 2 N–H and O–H groups in total. The molecule has 12 heteroatoms. The summed E-state index contributed by atoms with van der Waals surface area (Å²) >= 11 is 0. The molecule has 1 heterocycles. The molecule has 0 aliphatic carbocycles. The van der Waals surface area contributed by atoms with Crippen LogP contribution < -0.4 is 15.6 Å². The van der Waals surface area contributed by atoms with E-state index in [0.717, 1.165) is 22.9 Å². The molecule has 2 amide bonds. The van der Waals surface area contributed by atoms with Gasteiger partial charge in [-0.1, -0.05) is 12.1 Å². The van der Waals surface area contributed by atoms with Gasteiger partial charge in [0.1, 0.15) is 23.9 Å². The van der Waals surface area contributed by atoms with Gasteiger partial charge in [0, 0.05) is 25.7 Å². The monoisotopic (exact) mass is 518 g/mol. The molecule has 0 saturated carbocycles. The highest BCUT2D eigenvalue weighted by Gasteiger charge is 2.35. The number of hydrogen-bond donors (Lipinski definition) is 2. The lowest BCUT2D eigenvalue weighted by Crippen LogP contribution is -2.31. The van der Waals surface area contributed by atoms with E-state index >= 15 is 0 Å². The van der Waals surface area contributed by atoms with Crippen molar-refractivity contribution < 1.29 is 32.6 Å². The van der Waals surface area contributed by atoms with Crippen LogP contribution in [0.2, 0.25) is 0 Å². The SMILES string of the molecule is COc1ccc(-n2nc(C(=O)N[C@H](C)c3cccc(C(F)(F)CO)c3F)ccc2=O)cc1C(=O)N(C)C. The summed E-state index contributed by atoms with van der Waals surface area (Å²) in [6.07, 6.45) is 0. The molecule has 0 spiro atoms. The summed E-state index contributed by atoms with van der Waals surface area (Å²) in [6.45, 7) is -0.192. The molecule has 196 valence electrons. The molecule has 3 rings (SSSR count). The second kappa shape index (κ2) is 10.8. The van der Waals surface area contributed by atoms with Crippen molar-refractivity contribution in [2.75, 3.05) is 27.8 Å². The third kappa shape index (κ3) is 5.64. The second-order valence-corrected chi connectivity index (χ2v) is 8.32. The molecule has 0 aliphatic heterocycles. The summed E-state index contributed by atoms with van der Waals surface area (Å²) < 4.78 is 48.7. The number of carbonyl (C=O) groups excluding carboxylic acids is 2. The Morgan fingerprint density at radius 2 is 1.89 bits per heavy atom. The highest BCUT2D eigenvalue weighted by Crippen LogP contribution is 2.32. The highest BCUT2D eigenvalue weighted by molar-refractivity contribution is 5.97. The molecule has 2 aromatic carbocycles. The summed E-state index contributed by atoms with van der Waals surface area (Å²) in [6, 6.07) is 8.80. The Morgan fingerprint density at radius 3 is 2.51 bits per heavy atom. The number of benzene rings is 2. The first kappa shape index (κ1) is 27.4. The number of amides is 2. The van der Waals surface area contributed by atoms with Crippen molar-refractivity contribution in [3.8, 4) is 11.4 Å². The standard InChI is InChI=1S/C25H25F3N4O5/c1-14(16-6-5-7-18(22(16)26)25(27,28)13-33)29-23(35)19-9-11-21(34)32(30-19)15-8-10-20(37-4)17(12-15)24(36)31(2)3/h5-12,14,33H,13H2,1-4H3,(H,29,35)/t14-/m1/s1. The van der Waals surface area contributed by atoms with E-state index in [-0.39, 0.29) is 34.2 Å². The van der Waals surface area contributed by atoms with Gasteiger partial charge in [0.25, 0.3) is 23.3 Å². The number of alkyl halides is 2. The zero-order chi connectivity index (χ0) is 27.5. The van der Waals surface area contributed by atoms with Crippen LogP contribution in [0.15, 0.2) is 53.3 Å². The molecule has 1 aromatic heterocycles. The molecule has 37 heavy (non-hydrogen) atoms. The molecule has 0 radical (unpaired) electrons. The molecule has 0 bridgehead atoms. The molecule has 0 unspecified atom stereocenters. The van der Waals surface area contributed by atoms with Crippen LogP contribution in [0.3, 0.4) is 0 Å². The number of rotatable bonds is 8. The number of aliphatic hydroxyl groups excluding tert-OH is 1. The van der Waals surface area contributed by atoms with Gasteiger partial charge >= 0.3 is 0 Å². The number of aromatic nitrogens is 2. The van der Waals surface area contributed by atoms with Gasteiger partial charge < -0.3 is 20.1 Å². The molecular weight excluding hydrogens is 493 g/mol. The van der Waals surface area contributed by atoms with E-state index in [9.17, 15) is 27.6 Å². The second-order valence-electron chi connectivity index (χ2n) is 8.32. The Hall–Kier alpha value is -4.19. The van der Waals surface area contributed by atoms with Crippen molar-refractivity contribution in [2.45, 2.75) is 18.9 Å². The average Bonchev–Trinajstić information content (AvgIpc) is 2.87. The van der Waals surface area contributed by atoms with E-state index in [4.69, 9.17) is 9.84 Å². The van der Waals surface area contributed by atoms with Crippen LogP contribution in [-0.2, 0) is 5.92 Å². The van der Waals surface area contributed by atoms with Crippen molar-refractivity contribution in [1.82, 2.24) is 20.0 Å². The molecule has 1 atom stereocenters. The first-order chi connectivity index (χ1) is 17.4. The lowest BCUT2D eigenvalue weighted by atomic mass is 10.0. The van der Waals surface area contributed by atoms with Crippen LogP contribution in [0, 0.1) is 5.82 Å². The van der Waals surface area contributed by atoms with Crippen molar-refractivity contribution in [1.29, 1.82) is 0 Å². The molecule has 0 aliphatic rings. The third-order valence-electron chi connectivity index (χ3n) is 5.53. The van der Waals surface area contributed by atoms with Crippen molar-refractivity contribution in [3.05, 3.63) is 87.1 Å². The Labute approximate surface area is 210 Å². The van der Waals surface area contributed by atoms with Gasteiger partial charge in [0.2, 0.25) is 0 Å². The van der Waals surface area contributed by atoms with Crippen molar-refractivity contribution in [3.63, 3.8) is 0 Å². The minimum Gasteiger partial charge on any atom is -0.496 e. The van der Waals surface area contributed by atoms with Crippen molar-refractivity contribution in [2.24, 2.45) is 0 Å². The van der Waals surface area contributed by atoms with Gasteiger partial charge in [-0.3, -0.25) is 14.4 Å². The minimum atomic E-state index is -3.80. The van der Waals surface area contributed by atoms with Gasteiger partial charge in [-0.05, 0) is 37.3 Å². The summed E-state index contributed by atoms with van der Waals surface area (Å²) in [7, 11) is 4.49. The van der Waals surface area contributed by atoms with Crippen LogP contribution in [0.4, 0.5) is 13.2 Å². The number of ether oxygens (including phenoxy) is 1. The Bertz CT molecular complexity index is 1390. The predicted octanol–water partition coefficient (Wildman–Crippen LogP) is 2.66. The number of carbonyl (C=O) groups is 2. The number of methoxy groups -OCH3 is 1. The highest BCUT2D eigenvalue weighted by atomic mass is 19.3. The fraction of sp³-hybridized carbons (Fsp3) is 0.280. The van der Waals surface area contributed by atoms with Crippen LogP contribution in [-0.4, -0.2) is 59.4 Å². The Balaban J connectivity index is 1.94. The van der Waals surface area contributed by atoms with Gasteiger partial charge in [0.15, 0.2) is 0 Å². The predicted molar refractivity (Wildman–Crippen MR) is 128 cm³/mol. The van der Waals surface area contributed by atoms with E-state index in [1.165, 1.54) is 49.3 Å². The van der Waals surface area contributed by atoms with Gasteiger partial charge in [0.05, 0.1) is 30.0 Å². The maximum Gasteiger partial charge on any atom is 0.298 e. The zero-order valence-corrected chi connectivity index (χ0v) is 20.5. The fourth-order valence-electron chi connectivity index (χ4n) is 3.55. The zero-order valence-electron chi connectivity index (χ0n) is 20.5. The van der Waals surface area contributed by atoms with E-state index in [0.29, 0.717) is 0 Å².